The Morgan fingerprint density at radius 3 is 2.40 bits per heavy atom. The van der Waals surface area contributed by atoms with Gasteiger partial charge in [-0.05, 0) is 50.2 Å². The number of anilines is 1. The molecule has 2 aromatic carbocycles. The van der Waals surface area contributed by atoms with Crippen LogP contribution in [0.3, 0.4) is 0 Å². The second kappa shape index (κ2) is 8.04. The lowest BCUT2D eigenvalue weighted by atomic mass is 10.1. The van der Waals surface area contributed by atoms with E-state index in [1.165, 1.54) is 6.07 Å². The quantitative estimate of drug-likeness (QED) is 0.672. The first-order valence-corrected chi connectivity index (χ1v) is 11.3. The molecular weight excluding hydrogens is 400 g/mol. The monoisotopic (exact) mass is 424 g/mol. The van der Waals surface area contributed by atoms with E-state index in [-0.39, 0.29) is 22.9 Å². The third kappa shape index (κ3) is 4.15. The zero-order valence-electron chi connectivity index (χ0n) is 16.9. The molecule has 1 aliphatic rings. The number of piperazine rings is 1. The molecule has 0 aliphatic carbocycles. The second-order valence-electron chi connectivity index (χ2n) is 7.69. The van der Waals surface area contributed by atoms with Crippen molar-refractivity contribution in [2.24, 2.45) is 0 Å². The number of benzene rings is 2. The number of hydrogen-bond acceptors (Lipinski definition) is 5. The maximum Gasteiger partial charge on any atom is 0.264 e. The van der Waals surface area contributed by atoms with Crippen molar-refractivity contribution >= 4 is 32.5 Å². The predicted octanol–water partition coefficient (Wildman–Crippen LogP) is 2.86. The number of amides is 1. The number of fused-ring (bicyclic) bond motifs is 1. The number of carbonyl (C=O) groups is 1. The van der Waals surface area contributed by atoms with Gasteiger partial charge in [0, 0.05) is 48.0 Å². The maximum absolute atomic E-state index is 12.9. The van der Waals surface area contributed by atoms with Gasteiger partial charge in [0.15, 0.2) is 0 Å². The predicted molar refractivity (Wildman–Crippen MR) is 117 cm³/mol. The lowest BCUT2D eigenvalue weighted by Gasteiger charge is -2.36. The number of pyridine rings is 1. The highest BCUT2D eigenvalue weighted by atomic mass is 32.2. The van der Waals surface area contributed by atoms with E-state index < -0.39 is 10.0 Å². The largest absolute Gasteiger partial charge is 0.336 e. The summed E-state index contributed by atoms with van der Waals surface area (Å²) in [5.41, 5.74) is 1.34. The van der Waals surface area contributed by atoms with Crippen LogP contribution >= 0.6 is 0 Å². The summed E-state index contributed by atoms with van der Waals surface area (Å²) in [6.45, 7) is 5.39. The lowest BCUT2D eigenvalue weighted by Crippen LogP contribution is -2.55. The highest BCUT2D eigenvalue weighted by molar-refractivity contribution is 7.93. The normalized spacial score (nSPS) is 19.6. The summed E-state index contributed by atoms with van der Waals surface area (Å²) >= 11 is 0. The third-order valence-electron chi connectivity index (χ3n) is 5.11. The average molecular weight is 425 g/mol. The molecule has 30 heavy (non-hydrogen) atoms. The summed E-state index contributed by atoms with van der Waals surface area (Å²) < 4.78 is 28.4. The van der Waals surface area contributed by atoms with E-state index in [0.29, 0.717) is 29.9 Å². The average Bonchev–Trinajstić information content (AvgIpc) is 2.72. The van der Waals surface area contributed by atoms with Gasteiger partial charge >= 0.3 is 0 Å². The molecule has 2 unspecified atom stereocenters. The lowest BCUT2D eigenvalue weighted by molar-refractivity contribution is 0.0674. The van der Waals surface area contributed by atoms with Crippen LogP contribution in [0.2, 0.25) is 0 Å². The van der Waals surface area contributed by atoms with E-state index in [9.17, 15) is 13.2 Å². The molecule has 1 fully saturated rings. The van der Waals surface area contributed by atoms with Crippen LogP contribution in [-0.4, -0.2) is 49.4 Å². The number of hydrogen-bond donors (Lipinski definition) is 2. The fraction of sp³-hybridized carbons (Fsp3) is 0.273. The molecule has 8 heteroatoms. The number of nitrogens with zero attached hydrogens (tertiary/aromatic N) is 2. The Labute approximate surface area is 176 Å². The SMILES string of the molecule is CC1CN(C(=O)c2ccc(NS(=O)(=O)c3cccc4cccnc34)cc2)CC(C)N1. The van der Waals surface area contributed by atoms with Crippen molar-refractivity contribution in [2.75, 3.05) is 17.8 Å². The molecule has 2 N–H and O–H groups in total. The van der Waals surface area contributed by atoms with Crippen molar-refractivity contribution in [3.05, 3.63) is 66.4 Å². The fourth-order valence-electron chi connectivity index (χ4n) is 3.86. The van der Waals surface area contributed by atoms with E-state index >= 15 is 0 Å². The minimum atomic E-state index is -3.82. The number of sulfonamides is 1. The van der Waals surface area contributed by atoms with E-state index in [2.05, 4.69) is 28.9 Å². The minimum Gasteiger partial charge on any atom is -0.336 e. The maximum atomic E-state index is 12.9. The standard InChI is InChI=1S/C22H24N4O3S/c1-15-13-26(14-16(2)24-15)22(27)18-8-10-19(11-9-18)25-30(28,29)20-7-3-5-17-6-4-12-23-21(17)20/h3-12,15-16,24-25H,13-14H2,1-2H3. The molecule has 1 aliphatic heterocycles. The van der Waals surface area contributed by atoms with Crippen molar-refractivity contribution in [1.29, 1.82) is 0 Å². The van der Waals surface area contributed by atoms with Crippen molar-refractivity contribution in [1.82, 2.24) is 15.2 Å². The van der Waals surface area contributed by atoms with E-state index in [4.69, 9.17) is 0 Å². The highest BCUT2D eigenvalue weighted by Crippen LogP contribution is 2.23. The Hall–Kier alpha value is -2.97. The van der Waals surface area contributed by atoms with Crippen molar-refractivity contribution in [3.8, 4) is 0 Å². The molecule has 7 nitrogen and oxygen atoms in total. The zero-order valence-corrected chi connectivity index (χ0v) is 17.7. The first kappa shape index (κ1) is 20.3. The molecule has 3 aromatic rings. The summed E-state index contributed by atoms with van der Waals surface area (Å²) in [7, 11) is -3.82. The highest BCUT2D eigenvalue weighted by Gasteiger charge is 2.25. The second-order valence-corrected chi connectivity index (χ2v) is 9.34. The molecule has 0 radical (unpaired) electrons. The minimum absolute atomic E-state index is 0.0529. The Morgan fingerprint density at radius 1 is 1.03 bits per heavy atom. The van der Waals surface area contributed by atoms with Gasteiger partial charge in [-0.25, -0.2) is 8.42 Å². The van der Waals surface area contributed by atoms with Gasteiger partial charge < -0.3 is 10.2 Å². The molecule has 0 saturated carbocycles. The van der Waals surface area contributed by atoms with Gasteiger partial charge in [0.05, 0.1) is 5.52 Å². The van der Waals surface area contributed by atoms with Gasteiger partial charge in [-0.1, -0.05) is 18.2 Å². The molecule has 1 aromatic heterocycles. The summed E-state index contributed by atoms with van der Waals surface area (Å²) in [6, 6.07) is 15.6. The van der Waals surface area contributed by atoms with Crippen LogP contribution in [0.5, 0.6) is 0 Å². The first-order chi connectivity index (χ1) is 14.3. The van der Waals surface area contributed by atoms with Gasteiger partial charge in [0.2, 0.25) is 0 Å². The van der Waals surface area contributed by atoms with E-state index in [0.717, 1.165) is 5.39 Å². The number of nitrogens with one attached hydrogen (secondary N) is 2. The summed E-state index contributed by atoms with van der Waals surface area (Å²) in [6.07, 6.45) is 1.57. The van der Waals surface area contributed by atoms with Gasteiger partial charge in [0.1, 0.15) is 4.90 Å². The number of aromatic nitrogens is 1. The molecule has 0 spiro atoms. The van der Waals surface area contributed by atoms with Gasteiger partial charge in [-0.15, -0.1) is 0 Å². The number of rotatable bonds is 4. The Kier molecular flexibility index (Phi) is 5.44. The molecule has 156 valence electrons. The van der Waals surface area contributed by atoms with Crippen LogP contribution in [0, 0.1) is 0 Å². The van der Waals surface area contributed by atoms with Crippen molar-refractivity contribution < 1.29 is 13.2 Å². The molecule has 1 saturated heterocycles. The van der Waals surface area contributed by atoms with Gasteiger partial charge in [-0.3, -0.25) is 14.5 Å². The van der Waals surface area contributed by atoms with Crippen LogP contribution in [-0.2, 0) is 10.0 Å². The molecule has 2 atom stereocenters. The van der Waals surface area contributed by atoms with Crippen LogP contribution in [0.15, 0.2) is 65.7 Å². The summed E-state index contributed by atoms with van der Waals surface area (Å²) in [5, 5.41) is 4.15. The van der Waals surface area contributed by atoms with Gasteiger partial charge in [0.25, 0.3) is 15.9 Å². The Balaban J connectivity index is 1.54. The third-order valence-corrected chi connectivity index (χ3v) is 6.53. The van der Waals surface area contributed by atoms with Crippen LogP contribution in [0.1, 0.15) is 24.2 Å². The number of carbonyl (C=O) groups excluding carboxylic acids is 1. The molecule has 1 amide bonds. The van der Waals surface area contributed by atoms with Gasteiger partial charge in [-0.2, -0.15) is 0 Å². The van der Waals surface area contributed by atoms with Crippen molar-refractivity contribution in [3.63, 3.8) is 0 Å². The van der Waals surface area contributed by atoms with Crippen molar-refractivity contribution in [2.45, 2.75) is 30.8 Å². The van der Waals surface area contributed by atoms with Crippen LogP contribution in [0.4, 0.5) is 5.69 Å². The molecule has 4 rings (SSSR count). The Bertz CT molecular complexity index is 1160. The molecular formula is C22H24N4O3S. The van der Waals surface area contributed by atoms with E-state index in [1.807, 2.05) is 17.0 Å². The van der Waals surface area contributed by atoms with E-state index in [1.54, 1.807) is 42.6 Å². The molecule has 0 bridgehead atoms. The number of para-hydroxylation sites is 1. The topological polar surface area (TPSA) is 91.4 Å². The summed E-state index contributed by atoms with van der Waals surface area (Å²) in [4.78, 5) is 19.0. The first-order valence-electron chi connectivity index (χ1n) is 9.85. The van der Waals surface area contributed by atoms with Crippen LogP contribution < -0.4 is 10.0 Å². The summed E-state index contributed by atoms with van der Waals surface area (Å²) in [5.74, 6) is -0.0529. The smallest absolute Gasteiger partial charge is 0.264 e. The van der Waals surface area contributed by atoms with Crippen LogP contribution in [0.25, 0.3) is 10.9 Å². The Morgan fingerprint density at radius 2 is 1.70 bits per heavy atom. The molecule has 2 heterocycles. The fourth-order valence-corrected chi connectivity index (χ4v) is 5.10. The zero-order chi connectivity index (χ0) is 21.3.